The smallest absolute Gasteiger partial charge is 0.141 e. The number of aromatic nitrogens is 2. The van der Waals surface area contributed by atoms with Gasteiger partial charge in [-0.25, -0.2) is 4.98 Å². The lowest BCUT2D eigenvalue weighted by molar-refractivity contribution is 0.333. The lowest BCUT2D eigenvalue weighted by Crippen LogP contribution is -2.31. The minimum atomic E-state index is 0.100. The van der Waals surface area contributed by atoms with Crippen LogP contribution in [0.5, 0.6) is 0 Å². The largest absolute Gasteiger partial charge is 0.322 e. The van der Waals surface area contributed by atoms with E-state index in [1.807, 2.05) is 0 Å². The Morgan fingerprint density at radius 1 is 1.25 bits per heavy atom. The summed E-state index contributed by atoms with van der Waals surface area (Å²) in [5.41, 5.74) is 3.94. The number of hydrogen-bond donors (Lipinski definition) is 1. The molecular formula is C17H23N3. The Hall–Kier alpha value is -1.61. The standard InChI is InChI=1S/C17H23N3/c1-4-17(2,3)20-15-10-11-18-12-14(15)19-16(20)13-8-6-5-7-9-13/h5-9,18H,4,10-12H2,1-3H3. The van der Waals surface area contributed by atoms with Gasteiger partial charge in [-0.05, 0) is 20.3 Å². The van der Waals surface area contributed by atoms with E-state index in [0.29, 0.717) is 0 Å². The molecule has 0 spiro atoms. The van der Waals surface area contributed by atoms with Crippen molar-refractivity contribution in [1.82, 2.24) is 14.9 Å². The molecule has 0 saturated carbocycles. The van der Waals surface area contributed by atoms with E-state index >= 15 is 0 Å². The third kappa shape index (κ3) is 2.16. The van der Waals surface area contributed by atoms with Crippen molar-refractivity contribution in [1.29, 1.82) is 0 Å². The van der Waals surface area contributed by atoms with E-state index in [4.69, 9.17) is 4.98 Å². The summed E-state index contributed by atoms with van der Waals surface area (Å²) in [6, 6.07) is 10.5. The van der Waals surface area contributed by atoms with Gasteiger partial charge in [0.15, 0.2) is 0 Å². The van der Waals surface area contributed by atoms with Crippen molar-refractivity contribution >= 4 is 0 Å². The van der Waals surface area contributed by atoms with Crippen molar-refractivity contribution < 1.29 is 0 Å². The van der Waals surface area contributed by atoms with E-state index in [-0.39, 0.29) is 5.54 Å². The van der Waals surface area contributed by atoms with Crippen LogP contribution in [0, 0.1) is 0 Å². The summed E-state index contributed by atoms with van der Waals surface area (Å²) < 4.78 is 2.47. The summed E-state index contributed by atoms with van der Waals surface area (Å²) in [6.07, 6.45) is 2.17. The zero-order valence-corrected chi connectivity index (χ0v) is 12.6. The van der Waals surface area contributed by atoms with Crippen LogP contribution in [0.25, 0.3) is 11.4 Å². The predicted molar refractivity (Wildman–Crippen MR) is 82.7 cm³/mol. The molecular weight excluding hydrogens is 246 g/mol. The molecule has 3 rings (SSSR count). The van der Waals surface area contributed by atoms with Crippen molar-refractivity contribution in [3.8, 4) is 11.4 Å². The Morgan fingerprint density at radius 3 is 2.70 bits per heavy atom. The van der Waals surface area contributed by atoms with Gasteiger partial charge in [0.05, 0.1) is 5.69 Å². The Balaban J connectivity index is 2.21. The maximum atomic E-state index is 4.94. The highest BCUT2D eigenvalue weighted by Gasteiger charge is 2.29. The summed E-state index contributed by atoms with van der Waals surface area (Å²) in [4.78, 5) is 4.94. The molecule has 3 nitrogen and oxygen atoms in total. The zero-order valence-electron chi connectivity index (χ0n) is 12.6. The van der Waals surface area contributed by atoms with Gasteiger partial charge >= 0.3 is 0 Å². The van der Waals surface area contributed by atoms with Crippen molar-refractivity contribution in [2.75, 3.05) is 6.54 Å². The summed E-state index contributed by atoms with van der Waals surface area (Å²) in [5.74, 6) is 1.12. The van der Waals surface area contributed by atoms with Crippen molar-refractivity contribution in [2.24, 2.45) is 0 Å². The molecule has 0 amide bonds. The maximum absolute atomic E-state index is 4.94. The Morgan fingerprint density at radius 2 is 2.00 bits per heavy atom. The summed E-state index contributed by atoms with van der Waals surface area (Å²) in [6.45, 7) is 8.81. The fourth-order valence-corrected chi connectivity index (χ4v) is 2.90. The molecule has 0 atom stereocenters. The van der Waals surface area contributed by atoms with Crippen LogP contribution >= 0.6 is 0 Å². The summed E-state index contributed by atoms with van der Waals surface area (Å²) >= 11 is 0. The van der Waals surface area contributed by atoms with E-state index in [9.17, 15) is 0 Å². The minimum Gasteiger partial charge on any atom is -0.322 e. The number of nitrogens with one attached hydrogen (secondary N) is 1. The van der Waals surface area contributed by atoms with Gasteiger partial charge < -0.3 is 9.88 Å². The second-order valence-electron chi connectivity index (χ2n) is 6.12. The number of rotatable bonds is 3. The van der Waals surface area contributed by atoms with Crippen LogP contribution in [-0.2, 0) is 18.5 Å². The monoisotopic (exact) mass is 269 g/mol. The number of hydrogen-bond acceptors (Lipinski definition) is 2. The zero-order chi connectivity index (χ0) is 14.2. The molecule has 0 saturated heterocycles. The molecule has 3 heteroatoms. The van der Waals surface area contributed by atoms with E-state index in [0.717, 1.165) is 31.8 Å². The molecule has 1 aromatic carbocycles. The van der Waals surface area contributed by atoms with Crippen LogP contribution < -0.4 is 5.32 Å². The van der Waals surface area contributed by atoms with Gasteiger partial charge in [-0.2, -0.15) is 0 Å². The van der Waals surface area contributed by atoms with E-state index in [1.54, 1.807) is 0 Å². The lowest BCUT2D eigenvalue weighted by Gasteiger charge is -2.30. The first-order chi connectivity index (χ1) is 9.63. The van der Waals surface area contributed by atoms with Gasteiger partial charge in [0.1, 0.15) is 5.82 Å². The number of nitrogens with zero attached hydrogens (tertiary/aromatic N) is 2. The van der Waals surface area contributed by atoms with Crippen LogP contribution in [0.4, 0.5) is 0 Å². The van der Waals surface area contributed by atoms with Crippen LogP contribution in [-0.4, -0.2) is 16.1 Å². The lowest BCUT2D eigenvalue weighted by atomic mass is 9.99. The quantitative estimate of drug-likeness (QED) is 0.926. The molecule has 106 valence electrons. The molecule has 1 aliphatic heterocycles. The average Bonchev–Trinajstić information content (AvgIpc) is 2.88. The van der Waals surface area contributed by atoms with Crippen molar-refractivity contribution in [3.63, 3.8) is 0 Å². The van der Waals surface area contributed by atoms with Gasteiger partial charge in [-0.15, -0.1) is 0 Å². The second-order valence-corrected chi connectivity index (χ2v) is 6.12. The van der Waals surface area contributed by atoms with Crippen LogP contribution in [0.15, 0.2) is 30.3 Å². The van der Waals surface area contributed by atoms with Crippen molar-refractivity contribution in [2.45, 2.75) is 45.7 Å². The molecule has 20 heavy (non-hydrogen) atoms. The Labute approximate surface area is 121 Å². The average molecular weight is 269 g/mol. The molecule has 0 radical (unpaired) electrons. The van der Waals surface area contributed by atoms with Gasteiger partial charge in [0.25, 0.3) is 0 Å². The first kappa shape index (κ1) is 13.4. The molecule has 0 unspecified atom stereocenters. The molecule has 2 heterocycles. The highest BCUT2D eigenvalue weighted by atomic mass is 15.2. The highest BCUT2D eigenvalue weighted by Crippen LogP contribution is 2.32. The fourth-order valence-electron chi connectivity index (χ4n) is 2.90. The first-order valence-corrected chi connectivity index (χ1v) is 7.50. The molecule has 1 aliphatic rings. The number of benzene rings is 1. The minimum absolute atomic E-state index is 0.100. The van der Waals surface area contributed by atoms with Crippen LogP contribution in [0.1, 0.15) is 38.6 Å². The third-order valence-corrected chi connectivity index (χ3v) is 4.39. The molecule has 1 N–H and O–H groups in total. The molecule has 0 fully saturated rings. The summed E-state index contributed by atoms with van der Waals surface area (Å²) in [5, 5.41) is 3.43. The van der Waals surface area contributed by atoms with E-state index in [1.165, 1.54) is 17.0 Å². The first-order valence-electron chi connectivity index (χ1n) is 7.50. The second kappa shape index (κ2) is 5.06. The van der Waals surface area contributed by atoms with Crippen molar-refractivity contribution in [3.05, 3.63) is 41.7 Å². The van der Waals surface area contributed by atoms with E-state index in [2.05, 4.69) is 61.0 Å². The van der Waals surface area contributed by atoms with Gasteiger partial charge in [0, 0.05) is 36.3 Å². The Bertz CT molecular complexity index is 596. The van der Waals surface area contributed by atoms with Crippen LogP contribution in [0.3, 0.4) is 0 Å². The third-order valence-electron chi connectivity index (χ3n) is 4.39. The van der Waals surface area contributed by atoms with E-state index < -0.39 is 0 Å². The normalized spacial score (nSPS) is 15.2. The summed E-state index contributed by atoms with van der Waals surface area (Å²) in [7, 11) is 0. The number of fused-ring (bicyclic) bond motifs is 1. The molecule has 0 aliphatic carbocycles. The predicted octanol–water partition coefficient (Wildman–Crippen LogP) is 3.34. The SMILES string of the molecule is CCC(C)(C)n1c(-c2ccccc2)nc2c1CCNC2. The number of imidazole rings is 1. The topological polar surface area (TPSA) is 29.9 Å². The Kier molecular flexibility index (Phi) is 3.38. The fraction of sp³-hybridized carbons (Fsp3) is 0.471. The molecule has 0 bridgehead atoms. The maximum Gasteiger partial charge on any atom is 0.141 e. The van der Waals surface area contributed by atoms with Gasteiger partial charge in [-0.1, -0.05) is 37.3 Å². The highest BCUT2D eigenvalue weighted by molar-refractivity contribution is 5.57. The van der Waals surface area contributed by atoms with Gasteiger partial charge in [0.2, 0.25) is 0 Å². The molecule has 1 aromatic heterocycles. The molecule has 2 aromatic rings. The van der Waals surface area contributed by atoms with Crippen LogP contribution in [0.2, 0.25) is 0 Å². The van der Waals surface area contributed by atoms with Gasteiger partial charge in [-0.3, -0.25) is 0 Å².